The van der Waals surface area contributed by atoms with Gasteiger partial charge in [-0.25, -0.2) is 0 Å². The van der Waals surface area contributed by atoms with Crippen LogP contribution in [0.1, 0.15) is 11.1 Å². The van der Waals surface area contributed by atoms with Gasteiger partial charge in [0.15, 0.2) is 0 Å². The summed E-state index contributed by atoms with van der Waals surface area (Å²) in [7, 11) is 3.34. The molecule has 92 valence electrons. The lowest BCUT2D eigenvalue weighted by Crippen LogP contribution is -1.82. The Morgan fingerprint density at radius 1 is 0.611 bits per heavy atom. The van der Waals surface area contributed by atoms with Gasteiger partial charge in [0.2, 0.25) is 0 Å². The summed E-state index contributed by atoms with van der Waals surface area (Å²) < 4.78 is 10.2. The zero-order valence-corrected chi connectivity index (χ0v) is 10.6. The summed E-state index contributed by atoms with van der Waals surface area (Å²) in [6.45, 7) is 0. The molecule has 2 heteroatoms. The second kappa shape index (κ2) is 5.92. The maximum absolute atomic E-state index is 5.12. The predicted molar refractivity (Wildman–Crippen MR) is 74.9 cm³/mol. The number of methoxy groups -OCH3 is 2. The first kappa shape index (κ1) is 12.2. The van der Waals surface area contributed by atoms with Gasteiger partial charge in [0.05, 0.1) is 14.2 Å². The molecule has 0 fully saturated rings. The highest BCUT2D eigenvalue weighted by molar-refractivity contribution is 5.70. The highest BCUT2D eigenvalue weighted by atomic mass is 16.5. The van der Waals surface area contributed by atoms with E-state index < -0.39 is 0 Å². The number of ether oxygens (including phenoxy) is 2. The van der Waals surface area contributed by atoms with E-state index >= 15 is 0 Å². The van der Waals surface area contributed by atoms with Gasteiger partial charge in [0.1, 0.15) is 11.5 Å². The summed E-state index contributed by atoms with van der Waals surface area (Å²) in [6.07, 6.45) is 4.14. The Morgan fingerprint density at radius 2 is 0.944 bits per heavy atom. The molecular weight excluding hydrogens is 224 g/mol. The van der Waals surface area contributed by atoms with E-state index in [0.29, 0.717) is 0 Å². The number of hydrogen-bond acceptors (Lipinski definition) is 2. The summed E-state index contributed by atoms with van der Waals surface area (Å²) >= 11 is 0. The van der Waals surface area contributed by atoms with E-state index in [9.17, 15) is 0 Å². The second-order valence-electron chi connectivity index (χ2n) is 3.88. The molecule has 2 aromatic rings. The van der Waals surface area contributed by atoms with E-state index in [1.165, 1.54) is 0 Å². The Kier molecular flexibility index (Phi) is 4.02. The van der Waals surface area contributed by atoms with Crippen molar-refractivity contribution in [3.8, 4) is 11.5 Å². The van der Waals surface area contributed by atoms with E-state index in [2.05, 4.69) is 12.2 Å². The molecule has 0 aromatic heterocycles. The highest BCUT2D eigenvalue weighted by Crippen LogP contribution is 2.16. The Morgan fingerprint density at radius 3 is 1.22 bits per heavy atom. The molecule has 0 saturated heterocycles. The SMILES string of the molecule is COc1ccc(/C=C\c2ccc(OC)cc2)cc1. The fraction of sp³-hybridized carbons (Fsp3) is 0.125. The lowest BCUT2D eigenvalue weighted by atomic mass is 10.1. The van der Waals surface area contributed by atoms with E-state index in [1.807, 2.05) is 48.5 Å². The Labute approximate surface area is 107 Å². The summed E-state index contributed by atoms with van der Waals surface area (Å²) in [5.41, 5.74) is 2.29. The maximum Gasteiger partial charge on any atom is 0.118 e. The van der Waals surface area contributed by atoms with Crippen LogP contribution in [0.5, 0.6) is 11.5 Å². The van der Waals surface area contributed by atoms with Crippen molar-refractivity contribution in [2.75, 3.05) is 14.2 Å². The van der Waals surface area contributed by atoms with Gasteiger partial charge in [-0.3, -0.25) is 0 Å². The topological polar surface area (TPSA) is 18.5 Å². The number of benzene rings is 2. The monoisotopic (exact) mass is 240 g/mol. The van der Waals surface area contributed by atoms with Gasteiger partial charge in [0, 0.05) is 0 Å². The quantitative estimate of drug-likeness (QED) is 0.755. The molecule has 2 rings (SSSR count). The third kappa shape index (κ3) is 3.14. The van der Waals surface area contributed by atoms with Crippen LogP contribution in [-0.2, 0) is 0 Å². The maximum atomic E-state index is 5.12. The van der Waals surface area contributed by atoms with Gasteiger partial charge in [-0.2, -0.15) is 0 Å². The van der Waals surface area contributed by atoms with Crippen molar-refractivity contribution in [2.45, 2.75) is 0 Å². The van der Waals surface area contributed by atoms with Crippen LogP contribution in [0.3, 0.4) is 0 Å². The Hall–Kier alpha value is -2.22. The molecule has 2 aromatic carbocycles. The first-order valence-corrected chi connectivity index (χ1v) is 5.78. The second-order valence-corrected chi connectivity index (χ2v) is 3.88. The van der Waals surface area contributed by atoms with Crippen molar-refractivity contribution in [1.82, 2.24) is 0 Å². The van der Waals surface area contributed by atoms with Crippen LogP contribution in [0.4, 0.5) is 0 Å². The van der Waals surface area contributed by atoms with Crippen molar-refractivity contribution >= 4 is 12.2 Å². The molecule has 0 N–H and O–H groups in total. The van der Waals surface area contributed by atoms with Crippen LogP contribution in [-0.4, -0.2) is 14.2 Å². The summed E-state index contributed by atoms with van der Waals surface area (Å²) in [5, 5.41) is 0. The standard InChI is InChI=1S/C16H16O2/c1-17-15-9-5-13(6-10-15)3-4-14-7-11-16(18-2)12-8-14/h3-12H,1-2H3/b4-3-. The van der Waals surface area contributed by atoms with Gasteiger partial charge in [0.25, 0.3) is 0 Å². The molecule has 2 nitrogen and oxygen atoms in total. The molecule has 0 amide bonds. The minimum absolute atomic E-state index is 0.872. The van der Waals surface area contributed by atoms with Crippen molar-refractivity contribution in [1.29, 1.82) is 0 Å². The van der Waals surface area contributed by atoms with Crippen molar-refractivity contribution in [2.24, 2.45) is 0 Å². The smallest absolute Gasteiger partial charge is 0.118 e. The fourth-order valence-electron chi connectivity index (χ4n) is 1.62. The Balaban J connectivity index is 2.08. The molecule has 0 radical (unpaired) electrons. The molecule has 0 spiro atoms. The molecule has 0 atom stereocenters. The predicted octanol–water partition coefficient (Wildman–Crippen LogP) is 3.87. The normalized spacial score (nSPS) is 10.6. The van der Waals surface area contributed by atoms with Gasteiger partial charge >= 0.3 is 0 Å². The largest absolute Gasteiger partial charge is 0.497 e. The molecule has 0 bridgehead atoms. The van der Waals surface area contributed by atoms with Gasteiger partial charge in [-0.05, 0) is 35.4 Å². The zero-order chi connectivity index (χ0) is 12.8. The van der Waals surface area contributed by atoms with E-state index in [-0.39, 0.29) is 0 Å². The van der Waals surface area contributed by atoms with Crippen LogP contribution in [0.15, 0.2) is 48.5 Å². The summed E-state index contributed by atoms with van der Waals surface area (Å²) in [5.74, 6) is 1.74. The molecule has 0 saturated carbocycles. The van der Waals surface area contributed by atoms with Crippen molar-refractivity contribution < 1.29 is 9.47 Å². The first-order chi connectivity index (χ1) is 8.81. The molecule has 0 aliphatic carbocycles. The third-order valence-corrected chi connectivity index (χ3v) is 2.70. The molecule has 0 aliphatic rings. The van der Waals surface area contributed by atoms with Crippen molar-refractivity contribution in [3.05, 3.63) is 59.7 Å². The van der Waals surface area contributed by atoms with Crippen LogP contribution in [0.25, 0.3) is 12.2 Å². The highest BCUT2D eigenvalue weighted by Gasteiger charge is 1.92. The van der Waals surface area contributed by atoms with Gasteiger partial charge in [-0.15, -0.1) is 0 Å². The van der Waals surface area contributed by atoms with Gasteiger partial charge in [-0.1, -0.05) is 36.4 Å². The lowest BCUT2D eigenvalue weighted by molar-refractivity contribution is 0.414. The molecular formula is C16H16O2. The molecule has 0 unspecified atom stereocenters. The minimum atomic E-state index is 0.872. The van der Waals surface area contributed by atoms with Crippen LogP contribution in [0, 0.1) is 0 Å². The van der Waals surface area contributed by atoms with Crippen molar-refractivity contribution in [3.63, 3.8) is 0 Å². The van der Waals surface area contributed by atoms with E-state index in [0.717, 1.165) is 22.6 Å². The minimum Gasteiger partial charge on any atom is -0.497 e. The molecule has 18 heavy (non-hydrogen) atoms. The van der Waals surface area contributed by atoms with Gasteiger partial charge < -0.3 is 9.47 Å². The van der Waals surface area contributed by atoms with Crippen LogP contribution in [0.2, 0.25) is 0 Å². The number of hydrogen-bond donors (Lipinski definition) is 0. The lowest BCUT2D eigenvalue weighted by Gasteiger charge is -2.00. The zero-order valence-electron chi connectivity index (χ0n) is 10.6. The van der Waals surface area contributed by atoms with Crippen LogP contribution < -0.4 is 9.47 Å². The third-order valence-electron chi connectivity index (χ3n) is 2.70. The van der Waals surface area contributed by atoms with Crippen LogP contribution >= 0.6 is 0 Å². The Bertz CT molecular complexity index is 460. The average molecular weight is 240 g/mol. The van der Waals surface area contributed by atoms with E-state index in [4.69, 9.17) is 9.47 Å². The summed E-state index contributed by atoms with van der Waals surface area (Å²) in [6, 6.07) is 15.9. The first-order valence-electron chi connectivity index (χ1n) is 5.78. The fourth-order valence-corrected chi connectivity index (χ4v) is 1.62. The number of rotatable bonds is 4. The molecule has 0 aliphatic heterocycles. The van der Waals surface area contributed by atoms with E-state index in [1.54, 1.807) is 14.2 Å². The summed E-state index contributed by atoms with van der Waals surface area (Å²) in [4.78, 5) is 0. The molecule has 0 heterocycles. The average Bonchev–Trinajstić information content (AvgIpc) is 2.46.